The summed E-state index contributed by atoms with van der Waals surface area (Å²) in [5.74, 6) is 0. The van der Waals surface area contributed by atoms with Crippen LogP contribution in [0, 0.1) is 0 Å². The lowest BCUT2D eigenvalue weighted by Crippen LogP contribution is -2.17. The Morgan fingerprint density at radius 2 is 1.91 bits per heavy atom. The van der Waals surface area contributed by atoms with Crippen LogP contribution in [0.3, 0.4) is 0 Å². The molecule has 0 aliphatic carbocycles. The third-order valence-corrected chi connectivity index (χ3v) is 5.11. The minimum absolute atomic E-state index is 0.0520. The van der Waals surface area contributed by atoms with Crippen LogP contribution in [-0.2, 0) is 14.2 Å². The highest BCUT2D eigenvalue weighted by atomic mass is 127. The third kappa shape index (κ3) is 6.31. The summed E-state index contributed by atoms with van der Waals surface area (Å²) in [6.07, 6.45) is 4.52. The minimum atomic E-state index is -0.398. The maximum atomic E-state index is 10.1. The first-order valence-electron chi connectivity index (χ1n) is 8.22. The van der Waals surface area contributed by atoms with Crippen LogP contribution in [0.25, 0.3) is 0 Å². The van der Waals surface area contributed by atoms with Crippen molar-refractivity contribution >= 4 is 22.6 Å². The molecular weight excluding hydrogens is 407 g/mol. The van der Waals surface area contributed by atoms with Crippen LogP contribution in [0.15, 0.2) is 34.5 Å². The third-order valence-electron chi connectivity index (χ3n) is 4.34. The molecule has 130 valence electrons. The number of aliphatic hydroxyl groups excluding tert-OH is 1. The van der Waals surface area contributed by atoms with Crippen LogP contribution >= 0.6 is 22.6 Å². The Morgan fingerprint density at radius 3 is 2.57 bits per heavy atom. The van der Waals surface area contributed by atoms with E-state index in [9.17, 15) is 5.11 Å². The molecule has 0 bridgehead atoms. The first-order valence-corrected chi connectivity index (χ1v) is 9.30. The van der Waals surface area contributed by atoms with Gasteiger partial charge in [0, 0.05) is 10.0 Å². The smallest absolute Gasteiger partial charge is 0.157 e. The average molecular weight is 434 g/mol. The van der Waals surface area contributed by atoms with Crippen molar-refractivity contribution in [3.63, 3.8) is 0 Å². The lowest BCUT2D eigenvalue weighted by Gasteiger charge is -2.17. The molecule has 1 N–H and O–H groups in total. The first kappa shape index (κ1) is 19.1. The number of hydrogen-bond acceptors (Lipinski definition) is 4. The predicted molar refractivity (Wildman–Crippen MR) is 99.5 cm³/mol. The monoisotopic (exact) mass is 434 g/mol. The average Bonchev–Trinajstić information content (AvgIpc) is 3.12. The van der Waals surface area contributed by atoms with Crippen LogP contribution < -0.4 is 0 Å². The number of aliphatic hydroxyl groups is 1. The molecule has 2 rings (SSSR count). The van der Waals surface area contributed by atoms with E-state index in [0.717, 1.165) is 40.4 Å². The molecule has 2 aliphatic heterocycles. The molecular formula is C18H27IO4. The van der Waals surface area contributed by atoms with Gasteiger partial charge in [0.1, 0.15) is 0 Å². The van der Waals surface area contributed by atoms with Gasteiger partial charge in [0.15, 0.2) is 6.29 Å². The van der Waals surface area contributed by atoms with Gasteiger partial charge in [-0.25, -0.2) is 0 Å². The number of ether oxygens (including phenoxy) is 3. The van der Waals surface area contributed by atoms with Crippen molar-refractivity contribution in [3.05, 3.63) is 34.5 Å². The normalized spacial score (nSPS) is 26.6. The van der Waals surface area contributed by atoms with Crippen molar-refractivity contribution in [2.24, 2.45) is 0 Å². The van der Waals surface area contributed by atoms with E-state index in [4.69, 9.17) is 14.2 Å². The molecule has 5 heteroatoms. The van der Waals surface area contributed by atoms with Gasteiger partial charge in [-0.1, -0.05) is 19.7 Å². The van der Waals surface area contributed by atoms with E-state index in [-0.39, 0.29) is 18.5 Å². The van der Waals surface area contributed by atoms with Crippen molar-refractivity contribution in [1.82, 2.24) is 0 Å². The highest BCUT2D eigenvalue weighted by Crippen LogP contribution is 2.31. The standard InChI is InChI=1S/C18H27IO4/c1-12(14(3)19)10-15(20)4-6-17-13(2)11-16(23-17)5-7-18-21-8-9-22-18/h15-18,20H,1-11H2/t15-,16+,17+/m1/s1. The summed E-state index contributed by atoms with van der Waals surface area (Å²) >= 11 is 2.13. The van der Waals surface area contributed by atoms with E-state index in [0.29, 0.717) is 26.1 Å². The molecule has 0 aromatic carbocycles. The molecule has 0 spiro atoms. The summed E-state index contributed by atoms with van der Waals surface area (Å²) in [5, 5.41) is 10.1. The summed E-state index contributed by atoms with van der Waals surface area (Å²) in [6, 6.07) is 0. The Bertz CT molecular complexity index is 442. The molecule has 2 saturated heterocycles. The van der Waals surface area contributed by atoms with Gasteiger partial charge in [0.25, 0.3) is 0 Å². The summed E-state index contributed by atoms with van der Waals surface area (Å²) < 4.78 is 17.9. The van der Waals surface area contributed by atoms with E-state index in [1.807, 2.05) is 0 Å². The fourth-order valence-electron chi connectivity index (χ4n) is 2.98. The van der Waals surface area contributed by atoms with Gasteiger partial charge >= 0.3 is 0 Å². The van der Waals surface area contributed by atoms with Crippen molar-refractivity contribution < 1.29 is 19.3 Å². The van der Waals surface area contributed by atoms with Crippen LogP contribution in [0.4, 0.5) is 0 Å². The molecule has 2 heterocycles. The van der Waals surface area contributed by atoms with E-state index in [1.165, 1.54) is 0 Å². The molecule has 0 aromatic heterocycles. The molecule has 0 amide bonds. The quantitative estimate of drug-likeness (QED) is 0.340. The van der Waals surface area contributed by atoms with E-state index in [1.54, 1.807) is 0 Å². The van der Waals surface area contributed by atoms with Gasteiger partial charge in [-0.05, 0) is 65.8 Å². The minimum Gasteiger partial charge on any atom is -0.393 e. The second kappa shape index (κ2) is 9.32. The number of halogens is 1. The van der Waals surface area contributed by atoms with Crippen molar-refractivity contribution in [1.29, 1.82) is 0 Å². The van der Waals surface area contributed by atoms with Crippen molar-refractivity contribution in [2.45, 2.75) is 63.1 Å². The summed E-state index contributed by atoms with van der Waals surface area (Å²) in [4.78, 5) is 0. The van der Waals surface area contributed by atoms with Gasteiger partial charge in [0.2, 0.25) is 0 Å². The molecule has 3 atom stereocenters. The maximum absolute atomic E-state index is 10.1. The number of hydrogen-bond donors (Lipinski definition) is 1. The maximum Gasteiger partial charge on any atom is 0.157 e. The SMILES string of the molecule is C=C(I)C(=C)C[C@H](O)CC[C@@H]1O[C@@H](CCC2OCCO2)CC1=C. The topological polar surface area (TPSA) is 47.9 Å². The van der Waals surface area contributed by atoms with Crippen molar-refractivity contribution in [2.75, 3.05) is 13.2 Å². The highest BCUT2D eigenvalue weighted by molar-refractivity contribution is 14.1. The van der Waals surface area contributed by atoms with Crippen LogP contribution in [0.5, 0.6) is 0 Å². The van der Waals surface area contributed by atoms with Gasteiger partial charge < -0.3 is 19.3 Å². The number of allylic oxidation sites excluding steroid dienone is 1. The van der Waals surface area contributed by atoms with E-state index >= 15 is 0 Å². The van der Waals surface area contributed by atoms with Crippen LogP contribution in [-0.4, -0.2) is 42.9 Å². The second-order valence-corrected chi connectivity index (χ2v) is 7.60. The molecule has 0 saturated carbocycles. The lowest BCUT2D eigenvalue weighted by molar-refractivity contribution is -0.0588. The molecule has 4 nitrogen and oxygen atoms in total. The molecule has 23 heavy (non-hydrogen) atoms. The fraction of sp³-hybridized carbons (Fsp3) is 0.667. The van der Waals surface area contributed by atoms with Crippen LogP contribution in [0.1, 0.15) is 38.5 Å². The second-order valence-electron chi connectivity index (χ2n) is 6.30. The summed E-state index contributed by atoms with van der Waals surface area (Å²) in [5.41, 5.74) is 2.03. The Kier molecular flexibility index (Phi) is 7.75. The molecule has 2 aliphatic rings. The zero-order valence-corrected chi connectivity index (χ0v) is 15.8. The predicted octanol–water partition coefficient (Wildman–Crippen LogP) is 3.89. The zero-order chi connectivity index (χ0) is 16.8. The van der Waals surface area contributed by atoms with Gasteiger partial charge in [-0.2, -0.15) is 0 Å². The fourth-order valence-corrected chi connectivity index (χ4v) is 3.20. The van der Waals surface area contributed by atoms with Gasteiger partial charge in [0.05, 0.1) is 31.5 Å². The Morgan fingerprint density at radius 1 is 1.22 bits per heavy atom. The Labute approximate surface area is 152 Å². The summed E-state index contributed by atoms with van der Waals surface area (Å²) in [6.45, 7) is 13.3. The van der Waals surface area contributed by atoms with Crippen LogP contribution in [0.2, 0.25) is 0 Å². The Balaban J connectivity index is 1.66. The molecule has 0 unspecified atom stereocenters. The first-order chi connectivity index (χ1) is 11.0. The lowest BCUT2D eigenvalue weighted by atomic mass is 9.99. The molecule has 2 fully saturated rings. The zero-order valence-electron chi connectivity index (χ0n) is 13.6. The van der Waals surface area contributed by atoms with Gasteiger partial charge in [-0.15, -0.1) is 0 Å². The molecule has 0 radical (unpaired) electrons. The van der Waals surface area contributed by atoms with Crippen molar-refractivity contribution in [3.8, 4) is 0 Å². The molecule has 0 aromatic rings. The summed E-state index contributed by atoms with van der Waals surface area (Å²) in [7, 11) is 0. The van der Waals surface area contributed by atoms with E-state index in [2.05, 4.69) is 42.3 Å². The number of rotatable bonds is 9. The highest BCUT2D eigenvalue weighted by Gasteiger charge is 2.30. The largest absolute Gasteiger partial charge is 0.393 e. The van der Waals surface area contributed by atoms with Gasteiger partial charge in [-0.3, -0.25) is 0 Å². The van der Waals surface area contributed by atoms with E-state index < -0.39 is 6.10 Å². The Hall–Kier alpha value is -0.210.